The van der Waals surface area contributed by atoms with E-state index >= 15 is 0 Å². The molecule has 0 spiro atoms. The maximum atomic E-state index is 12.8. The standard InChI is InChI=1S/C15H14N6O2/c22-15(11-8-19-21-5-1-2-18-14(11)21)20-6-7-23-13(10-20)12-9-16-3-4-17-12/h1-5,8-9,13H,6-7,10H2/t13-/m0/s1. The van der Waals surface area contributed by atoms with Crippen LogP contribution in [0.4, 0.5) is 0 Å². The summed E-state index contributed by atoms with van der Waals surface area (Å²) < 4.78 is 7.31. The normalized spacial score (nSPS) is 18.3. The van der Waals surface area contributed by atoms with Gasteiger partial charge in [0.2, 0.25) is 0 Å². The Hall–Kier alpha value is -2.87. The lowest BCUT2D eigenvalue weighted by atomic mass is 10.2. The molecular formula is C15H14N6O2. The Bertz CT molecular complexity index is 834. The fourth-order valence-electron chi connectivity index (χ4n) is 2.64. The third-order valence-electron chi connectivity index (χ3n) is 3.78. The van der Waals surface area contributed by atoms with Gasteiger partial charge in [0.05, 0.1) is 31.2 Å². The summed E-state index contributed by atoms with van der Waals surface area (Å²) in [7, 11) is 0. The Morgan fingerprint density at radius 3 is 3.04 bits per heavy atom. The summed E-state index contributed by atoms with van der Waals surface area (Å²) in [5.41, 5.74) is 1.77. The molecule has 0 bridgehead atoms. The molecule has 116 valence electrons. The van der Waals surface area contributed by atoms with Crippen LogP contribution in [0.2, 0.25) is 0 Å². The van der Waals surface area contributed by atoms with Crippen LogP contribution >= 0.6 is 0 Å². The maximum Gasteiger partial charge on any atom is 0.259 e. The average molecular weight is 310 g/mol. The van der Waals surface area contributed by atoms with Gasteiger partial charge in [-0.3, -0.25) is 14.8 Å². The summed E-state index contributed by atoms with van der Waals surface area (Å²) in [6, 6.07) is 1.77. The van der Waals surface area contributed by atoms with Crippen LogP contribution < -0.4 is 0 Å². The molecule has 4 rings (SSSR count). The Balaban J connectivity index is 1.59. The van der Waals surface area contributed by atoms with Crippen molar-refractivity contribution in [3.05, 3.63) is 54.5 Å². The molecule has 1 saturated heterocycles. The molecule has 0 aromatic carbocycles. The van der Waals surface area contributed by atoms with E-state index in [1.807, 2.05) is 0 Å². The number of carbonyl (C=O) groups is 1. The van der Waals surface area contributed by atoms with Gasteiger partial charge in [0.1, 0.15) is 11.7 Å². The van der Waals surface area contributed by atoms with Gasteiger partial charge < -0.3 is 9.64 Å². The smallest absolute Gasteiger partial charge is 0.259 e. The first-order chi connectivity index (χ1) is 11.3. The zero-order valence-corrected chi connectivity index (χ0v) is 12.2. The molecule has 0 N–H and O–H groups in total. The molecule has 1 aliphatic rings. The van der Waals surface area contributed by atoms with Crippen LogP contribution in [0.3, 0.4) is 0 Å². The Kier molecular flexibility index (Phi) is 3.43. The molecule has 4 heterocycles. The van der Waals surface area contributed by atoms with Gasteiger partial charge in [0.15, 0.2) is 5.65 Å². The predicted octanol–water partition coefficient (Wildman–Crippen LogP) is 0.733. The number of hydrogen-bond donors (Lipinski definition) is 0. The van der Waals surface area contributed by atoms with E-state index in [2.05, 4.69) is 20.1 Å². The maximum absolute atomic E-state index is 12.8. The lowest BCUT2D eigenvalue weighted by Crippen LogP contribution is -2.42. The first-order valence-electron chi connectivity index (χ1n) is 7.28. The first-order valence-corrected chi connectivity index (χ1v) is 7.28. The minimum absolute atomic E-state index is 0.101. The molecule has 0 unspecified atom stereocenters. The molecule has 1 amide bonds. The lowest BCUT2D eigenvalue weighted by molar-refractivity contribution is -0.0248. The van der Waals surface area contributed by atoms with Crippen molar-refractivity contribution in [3.63, 3.8) is 0 Å². The highest BCUT2D eigenvalue weighted by Crippen LogP contribution is 2.21. The van der Waals surface area contributed by atoms with Crippen LogP contribution in [0.5, 0.6) is 0 Å². The molecule has 1 fully saturated rings. The van der Waals surface area contributed by atoms with Gasteiger partial charge in [-0.2, -0.15) is 5.10 Å². The van der Waals surface area contributed by atoms with Crippen molar-refractivity contribution in [2.75, 3.05) is 19.7 Å². The molecule has 23 heavy (non-hydrogen) atoms. The Morgan fingerprint density at radius 1 is 1.22 bits per heavy atom. The van der Waals surface area contributed by atoms with E-state index in [-0.39, 0.29) is 12.0 Å². The van der Waals surface area contributed by atoms with E-state index < -0.39 is 0 Å². The predicted molar refractivity (Wildman–Crippen MR) is 79.6 cm³/mol. The average Bonchev–Trinajstić information content (AvgIpc) is 3.06. The van der Waals surface area contributed by atoms with Gasteiger partial charge in [-0.1, -0.05) is 0 Å². The molecule has 0 radical (unpaired) electrons. The van der Waals surface area contributed by atoms with Crippen molar-refractivity contribution in [2.24, 2.45) is 0 Å². The number of ether oxygens (including phenoxy) is 1. The van der Waals surface area contributed by atoms with E-state index in [1.165, 1.54) is 0 Å². The lowest BCUT2D eigenvalue weighted by Gasteiger charge is -2.32. The molecule has 8 heteroatoms. The second kappa shape index (κ2) is 5.73. The van der Waals surface area contributed by atoms with Crippen molar-refractivity contribution < 1.29 is 9.53 Å². The van der Waals surface area contributed by atoms with Crippen LogP contribution in [0.25, 0.3) is 5.65 Å². The SMILES string of the molecule is O=C(c1cnn2cccnc12)N1CCO[C@H](c2cnccn2)C1. The van der Waals surface area contributed by atoms with Crippen molar-refractivity contribution in [1.82, 2.24) is 29.5 Å². The number of hydrogen-bond acceptors (Lipinski definition) is 6. The molecule has 3 aromatic rings. The molecular weight excluding hydrogens is 296 g/mol. The van der Waals surface area contributed by atoms with Crippen LogP contribution in [0.15, 0.2) is 43.2 Å². The first kappa shape index (κ1) is 13.8. The zero-order chi connectivity index (χ0) is 15.6. The van der Waals surface area contributed by atoms with E-state index in [1.54, 1.807) is 52.7 Å². The molecule has 8 nitrogen and oxygen atoms in total. The van der Waals surface area contributed by atoms with Crippen LogP contribution in [0, 0.1) is 0 Å². The second-order valence-corrected chi connectivity index (χ2v) is 5.19. The van der Waals surface area contributed by atoms with Gasteiger partial charge in [-0.15, -0.1) is 0 Å². The van der Waals surface area contributed by atoms with E-state index in [0.717, 1.165) is 5.69 Å². The number of aromatic nitrogens is 5. The van der Waals surface area contributed by atoms with Crippen molar-refractivity contribution in [3.8, 4) is 0 Å². The fraction of sp³-hybridized carbons (Fsp3) is 0.267. The van der Waals surface area contributed by atoms with E-state index in [9.17, 15) is 4.79 Å². The molecule has 3 aromatic heterocycles. The topological polar surface area (TPSA) is 85.5 Å². The molecule has 1 atom stereocenters. The summed E-state index contributed by atoms with van der Waals surface area (Å²) in [6.45, 7) is 1.42. The van der Waals surface area contributed by atoms with Gasteiger partial charge in [-0.05, 0) is 6.07 Å². The number of amides is 1. The monoisotopic (exact) mass is 310 g/mol. The highest BCUT2D eigenvalue weighted by atomic mass is 16.5. The summed E-state index contributed by atoms with van der Waals surface area (Å²) >= 11 is 0. The van der Waals surface area contributed by atoms with Crippen LogP contribution in [0.1, 0.15) is 22.2 Å². The summed E-state index contributed by atoms with van der Waals surface area (Å²) in [4.78, 5) is 27.1. The van der Waals surface area contributed by atoms with E-state index in [0.29, 0.717) is 30.9 Å². The van der Waals surface area contributed by atoms with Crippen LogP contribution in [-0.4, -0.2) is 55.1 Å². The highest BCUT2D eigenvalue weighted by Gasteiger charge is 2.28. The molecule has 0 aliphatic carbocycles. The number of fused-ring (bicyclic) bond motifs is 1. The number of rotatable bonds is 2. The third-order valence-corrected chi connectivity index (χ3v) is 3.78. The zero-order valence-electron chi connectivity index (χ0n) is 12.2. The third kappa shape index (κ3) is 2.53. The summed E-state index contributed by atoms with van der Waals surface area (Å²) in [5.74, 6) is -0.101. The van der Waals surface area contributed by atoms with Gasteiger partial charge in [-0.25, -0.2) is 9.50 Å². The van der Waals surface area contributed by atoms with E-state index in [4.69, 9.17) is 4.74 Å². The minimum Gasteiger partial charge on any atom is -0.368 e. The quantitative estimate of drug-likeness (QED) is 0.694. The number of morpholine rings is 1. The second-order valence-electron chi connectivity index (χ2n) is 5.19. The Morgan fingerprint density at radius 2 is 2.17 bits per heavy atom. The van der Waals surface area contributed by atoms with Crippen LogP contribution in [-0.2, 0) is 4.74 Å². The highest BCUT2D eigenvalue weighted by molar-refractivity contribution is 5.99. The van der Waals surface area contributed by atoms with Crippen molar-refractivity contribution in [1.29, 1.82) is 0 Å². The van der Waals surface area contributed by atoms with Gasteiger partial charge in [0, 0.05) is 31.3 Å². The molecule has 1 aliphatic heterocycles. The van der Waals surface area contributed by atoms with Crippen molar-refractivity contribution >= 4 is 11.6 Å². The van der Waals surface area contributed by atoms with Gasteiger partial charge in [0.25, 0.3) is 5.91 Å². The summed E-state index contributed by atoms with van der Waals surface area (Å²) in [6.07, 6.45) is 9.59. The largest absolute Gasteiger partial charge is 0.368 e. The molecule has 0 saturated carbocycles. The van der Waals surface area contributed by atoms with Crippen molar-refractivity contribution in [2.45, 2.75) is 6.10 Å². The fourth-order valence-corrected chi connectivity index (χ4v) is 2.64. The Labute approximate surface area is 131 Å². The number of nitrogens with zero attached hydrogens (tertiary/aromatic N) is 6. The van der Waals surface area contributed by atoms with Gasteiger partial charge >= 0.3 is 0 Å². The number of carbonyl (C=O) groups excluding carboxylic acids is 1. The minimum atomic E-state index is -0.267. The summed E-state index contributed by atoms with van der Waals surface area (Å²) in [5, 5.41) is 4.16.